The zero-order chi connectivity index (χ0) is 30.1. The molecule has 6 heterocycles. The van der Waals surface area contributed by atoms with Gasteiger partial charge in [-0.3, -0.25) is 0 Å². The Hall–Kier alpha value is -5.30. The van der Waals surface area contributed by atoms with E-state index in [2.05, 4.69) is 105 Å². The van der Waals surface area contributed by atoms with Gasteiger partial charge in [0, 0.05) is 32.3 Å². The fourth-order valence-electron chi connectivity index (χ4n) is 8.38. The Kier molecular flexibility index (Phi) is 4.01. The lowest BCUT2D eigenvalue weighted by Gasteiger charge is -2.34. The number of rotatable bonds is 0. The molecule has 214 valence electrons. The molecule has 7 heteroatoms. The van der Waals surface area contributed by atoms with Crippen LogP contribution in [0.4, 0.5) is 0 Å². The molecule has 45 heavy (non-hydrogen) atoms. The second kappa shape index (κ2) is 7.49. The molecular weight excluding hydrogens is 555 g/mol. The van der Waals surface area contributed by atoms with Crippen LogP contribution in [0.15, 0.2) is 81.6 Å². The van der Waals surface area contributed by atoms with Crippen molar-refractivity contribution in [1.29, 1.82) is 0 Å². The second-order valence-corrected chi connectivity index (χ2v) is 13.9. The zero-order valence-electron chi connectivity index (χ0n) is 25.6. The Morgan fingerprint density at radius 1 is 0.578 bits per heavy atom. The van der Waals surface area contributed by atoms with Gasteiger partial charge in [-0.05, 0) is 77.6 Å². The molecule has 2 aliphatic rings. The number of para-hydroxylation sites is 2. The maximum absolute atomic E-state index is 6.60. The minimum absolute atomic E-state index is 0.0698. The van der Waals surface area contributed by atoms with Crippen LogP contribution in [0.3, 0.4) is 0 Å². The molecule has 0 atom stereocenters. The third-order valence-corrected chi connectivity index (χ3v) is 10.4. The minimum atomic E-state index is -0.0874. The van der Waals surface area contributed by atoms with Crippen LogP contribution in [0.2, 0.25) is 0 Å². The number of benzene rings is 5. The summed E-state index contributed by atoms with van der Waals surface area (Å²) in [5.74, 6) is 0. The van der Waals surface area contributed by atoms with E-state index < -0.39 is 0 Å². The zero-order valence-corrected chi connectivity index (χ0v) is 25.6. The number of nitrogens with zero attached hydrogens (tertiary/aromatic N) is 4. The summed E-state index contributed by atoms with van der Waals surface area (Å²) in [5, 5.41) is 17.3. The van der Waals surface area contributed by atoms with Gasteiger partial charge in [0.1, 0.15) is 22.3 Å². The first kappa shape index (κ1) is 24.1. The van der Waals surface area contributed by atoms with E-state index in [1.54, 1.807) is 0 Å². The largest absolute Gasteiger partial charge is 0.456 e. The van der Waals surface area contributed by atoms with Crippen LogP contribution >= 0.6 is 0 Å². The van der Waals surface area contributed by atoms with E-state index in [1.807, 2.05) is 12.1 Å². The van der Waals surface area contributed by atoms with Gasteiger partial charge < -0.3 is 8.83 Å². The van der Waals surface area contributed by atoms with E-state index in [1.165, 1.54) is 22.0 Å². The van der Waals surface area contributed by atoms with Crippen LogP contribution in [0.25, 0.3) is 77.1 Å². The van der Waals surface area contributed by atoms with Crippen molar-refractivity contribution >= 4 is 88.8 Å². The van der Waals surface area contributed by atoms with Crippen LogP contribution in [-0.2, 0) is 5.41 Å². The van der Waals surface area contributed by atoms with Gasteiger partial charge in [-0.1, -0.05) is 57.2 Å². The molecule has 0 unspecified atom stereocenters. The monoisotopic (exact) mass is 582 g/mol. The molecular formula is C38H27BN4O2. The predicted molar refractivity (Wildman–Crippen MR) is 183 cm³/mol. The van der Waals surface area contributed by atoms with Gasteiger partial charge >= 0.3 is 0 Å². The predicted octanol–water partition coefficient (Wildman–Crippen LogP) is 7.22. The standard InChI is InChI=1S/C38H27BN4O2/c1-18-23-16-29-31(21-10-6-8-12-27(21)44-29)34-36(23)42(40-18)25-14-20(38(3,4)5)15-26-33(25)39(34)35-32-22-11-7-9-13-28(22)45-30(32)17-24-19(2)41-43(26)37(24)35/h6-17H,1-5H3. The van der Waals surface area contributed by atoms with E-state index in [4.69, 9.17) is 19.0 Å². The smallest absolute Gasteiger partial charge is 0.254 e. The lowest BCUT2D eigenvalue weighted by molar-refractivity contribution is 0.589. The van der Waals surface area contributed by atoms with Gasteiger partial charge in [0.05, 0.1) is 33.8 Å². The fraction of sp³-hybridized carbons (Fsp3) is 0.158. The highest BCUT2D eigenvalue weighted by atomic mass is 16.3. The Labute approximate surface area is 257 Å². The summed E-state index contributed by atoms with van der Waals surface area (Å²) in [6.07, 6.45) is 0. The molecule has 0 N–H and O–H groups in total. The van der Waals surface area contributed by atoms with E-state index >= 15 is 0 Å². The summed E-state index contributed by atoms with van der Waals surface area (Å²) >= 11 is 0. The first-order valence-electron chi connectivity index (χ1n) is 15.6. The van der Waals surface area contributed by atoms with Gasteiger partial charge in [0.15, 0.2) is 0 Å². The van der Waals surface area contributed by atoms with Crippen molar-refractivity contribution < 1.29 is 8.83 Å². The normalized spacial score (nSPS) is 13.8. The highest BCUT2D eigenvalue weighted by Crippen LogP contribution is 2.41. The summed E-state index contributed by atoms with van der Waals surface area (Å²) in [7, 11) is 0. The average molecular weight is 582 g/mol. The molecule has 0 saturated carbocycles. The third kappa shape index (κ3) is 2.71. The molecule has 0 aliphatic carbocycles. The molecule has 0 bridgehead atoms. The Morgan fingerprint density at radius 2 is 1.04 bits per heavy atom. The van der Waals surface area contributed by atoms with Crippen molar-refractivity contribution in [3.8, 4) is 11.4 Å². The number of furan rings is 2. The maximum Gasteiger partial charge on any atom is 0.254 e. The molecule has 4 aromatic heterocycles. The fourth-order valence-corrected chi connectivity index (χ4v) is 8.38. The quantitative estimate of drug-likeness (QED) is 0.177. The molecule has 0 radical (unpaired) electrons. The van der Waals surface area contributed by atoms with Crippen LogP contribution in [-0.4, -0.2) is 26.3 Å². The van der Waals surface area contributed by atoms with Gasteiger partial charge in [-0.15, -0.1) is 0 Å². The summed E-state index contributed by atoms with van der Waals surface area (Å²) in [5.41, 5.74) is 15.0. The van der Waals surface area contributed by atoms with Crippen LogP contribution in [0, 0.1) is 13.8 Å². The van der Waals surface area contributed by atoms with E-state index in [0.717, 1.165) is 88.4 Å². The summed E-state index contributed by atoms with van der Waals surface area (Å²) < 4.78 is 17.6. The average Bonchev–Trinajstić information content (AvgIpc) is 3.77. The van der Waals surface area contributed by atoms with E-state index in [-0.39, 0.29) is 12.1 Å². The summed E-state index contributed by atoms with van der Waals surface area (Å²) in [6, 6.07) is 26.0. The third-order valence-electron chi connectivity index (χ3n) is 10.4. The first-order valence-corrected chi connectivity index (χ1v) is 15.6. The van der Waals surface area contributed by atoms with Crippen molar-refractivity contribution in [3.63, 3.8) is 0 Å². The van der Waals surface area contributed by atoms with Gasteiger partial charge in [-0.25, -0.2) is 9.36 Å². The maximum atomic E-state index is 6.60. The van der Waals surface area contributed by atoms with Crippen molar-refractivity contribution in [2.75, 3.05) is 0 Å². The first-order chi connectivity index (χ1) is 21.8. The molecule has 2 aliphatic heterocycles. The SMILES string of the molecule is Cc1nn2c3c(c4c(cc13)oc1ccccc14)B1c3c-2cc(C(C)(C)C)cc3-n2nc(C)c3cc4oc5ccccc5c4c1c32. The number of aryl methyl sites for hydroxylation is 2. The molecule has 11 rings (SSSR count). The van der Waals surface area contributed by atoms with Crippen LogP contribution < -0.4 is 16.4 Å². The topological polar surface area (TPSA) is 61.9 Å². The highest BCUT2D eigenvalue weighted by Gasteiger charge is 2.45. The van der Waals surface area contributed by atoms with Crippen molar-refractivity contribution in [2.24, 2.45) is 0 Å². The van der Waals surface area contributed by atoms with E-state index in [9.17, 15) is 0 Å². The number of hydrogen-bond donors (Lipinski definition) is 0. The summed E-state index contributed by atoms with van der Waals surface area (Å²) in [4.78, 5) is 0. The van der Waals surface area contributed by atoms with Gasteiger partial charge in [-0.2, -0.15) is 10.2 Å². The van der Waals surface area contributed by atoms with E-state index in [0.29, 0.717) is 0 Å². The Balaban J connectivity index is 1.47. The lowest BCUT2D eigenvalue weighted by atomic mass is 9.33. The van der Waals surface area contributed by atoms with Crippen molar-refractivity contribution in [2.45, 2.75) is 40.0 Å². The minimum Gasteiger partial charge on any atom is -0.456 e. The number of hydrogen-bond acceptors (Lipinski definition) is 4. The second-order valence-electron chi connectivity index (χ2n) is 13.9. The van der Waals surface area contributed by atoms with Gasteiger partial charge in [0.25, 0.3) is 6.71 Å². The molecule has 0 fully saturated rings. The van der Waals surface area contributed by atoms with Crippen LogP contribution in [0.5, 0.6) is 0 Å². The van der Waals surface area contributed by atoms with Crippen molar-refractivity contribution in [3.05, 3.63) is 89.7 Å². The molecule has 6 nitrogen and oxygen atoms in total. The number of aromatic nitrogens is 4. The lowest BCUT2D eigenvalue weighted by Crippen LogP contribution is -2.60. The van der Waals surface area contributed by atoms with Crippen LogP contribution in [0.1, 0.15) is 37.7 Å². The molecule has 5 aromatic carbocycles. The van der Waals surface area contributed by atoms with Crippen molar-refractivity contribution in [1.82, 2.24) is 19.6 Å². The molecule has 0 amide bonds. The van der Waals surface area contributed by atoms with Gasteiger partial charge in [0.2, 0.25) is 0 Å². The Morgan fingerprint density at radius 3 is 1.51 bits per heavy atom. The highest BCUT2D eigenvalue weighted by molar-refractivity contribution is 7.03. The Bertz CT molecular complexity index is 2650. The molecule has 9 aromatic rings. The molecule has 0 spiro atoms. The number of fused-ring (bicyclic) bond motifs is 12. The summed E-state index contributed by atoms with van der Waals surface area (Å²) in [6.45, 7) is 11.0. The molecule has 0 saturated heterocycles.